The first-order valence-corrected chi connectivity index (χ1v) is 12.8. The van der Waals surface area contributed by atoms with Crippen LogP contribution in [0.4, 0.5) is 0 Å². The fraction of sp³-hybridized carbons (Fsp3) is 0.700. The lowest BCUT2D eigenvalue weighted by Crippen LogP contribution is -2.16. The van der Waals surface area contributed by atoms with Crippen LogP contribution in [0.15, 0.2) is 12.1 Å². The summed E-state index contributed by atoms with van der Waals surface area (Å²) in [4.78, 5) is 0. The Labute approximate surface area is 143 Å². The Morgan fingerprint density at radius 2 is 1.78 bits per heavy atom. The smallest absolute Gasteiger partial charge is 0.135 e. The lowest BCUT2D eigenvalue weighted by atomic mass is 9.78. The molecule has 1 aromatic rings. The molecule has 1 saturated carbocycles. The topological polar surface area (TPSA) is 25.8 Å². The Morgan fingerprint density at radius 1 is 1.04 bits per heavy atom. The molecule has 0 unspecified atom stereocenters. The lowest BCUT2D eigenvalue weighted by molar-refractivity contribution is 0.299. The van der Waals surface area contributed by atoms with Gasteiger partial charge in [0.1, 0.15) is 13.8 Å². The van der Waals surface area contributed by atoms with Gasteiger partial charge in [-0.25, -0.2) is 0 Å². The van der Waals surface area contributed by atoms with Crippen LogP contribution >= 0.6 is 0 Å². The second-order valence-corrected chi connectivity index (χ2v) is 12.8. The molecule has 0 N–H and O–H groups in total. The van der Waals surface area contributed by atoms with Crippen molar-refractivity contribution in [2.24, 2.45) is 5.92 Å². The highest BCUT2D eigenvalue weighted by atomic mass is 28.3. The van der Waals surface area contributed by atoms with E-state index < -0.39 is 8.07 Å². The van der Waals surface area contributed by atoms with Crippen LogP contribution in [0.1, 0.15) is 75.6 Å². The van der Waals surface area contributed by atoms with Crippen molar-refractivity contribution in [2.75, 3.05) is 0 Å². The summed E-state index contributed by atoms with van der Waals surface area (Å²) in [5.74, 6) is 4.75. The summed E-state index contributed by atoms with van der Waals surface area (Å²) in [6.07, 6.45) is 10.9. The van der Waals surface area contributed by atoms with Crippen LogP contribution in [0.5, 0.6) is 0 Å². The molecule has 23 heavy (non-hydrogen) atoms. The van der Waals surface area contributed by atoms with Crippen LogP contribution in [0.25, 0.3) is 0 Å². The van der Waals surface area contributed by atoms with Crippen LogP contribution in [0.2, 0.25) is 19.6 Å². The van der Waals surface area contributed by atoms with Crippen LogP contribution in [0.3, 0.4) is 0 Å². The predicted octanol–water partition coefficient (Wildman–Crippen LogP) is 5.56. The second-order valence-electron chi connectivity index (χ2n) is 8.06. The Morgan fingerprint density at radius 3 is 2.35 bits per heavy atom. The van der Waals surface area contributed by atoms with Crippen molar-refractivity contribution >= 4 is 8.07 Å². The molecule has 1 fully saturated rings. The average Bonchev–Trinajstić information content (AvgIpc) is 2.54. The molecule has 0 saturated heterocycles. The molecule has 1 aliphatic rings. The zero-order valence-corrected chi connectivity index (χ0v) is 16.4. The van der Waals surface area contributed by atoms with E-state index in [2.05, 4.69) is 60.4 Å². The van der Waals surface area contributed by atoms with Gasteiger partial charge >= 0.3 is 0 Å². The first kappa shape index (κ1) is 18.2. The minimum Gasteiger partial charge on any atom is -0.154 e. The third-order valence-electron chi connectivity index (χ3n) is 4.73. The van der Waals surface area contributed by atoms with E-state index >= 15 is 0 Å². The fourth-order valence-corrected chi connectivity index (χ4v) is 3.81. The largest absolute Gasteiger partial charge is 0.154 e. The van der Waals surface area contributed by atoms with Gasteiger partial charge in [-0.2, -0.15) is 5.10 Å². The van der Waals surface area contributed by atoms with Crippen molar-refractivity contribution in [1.29, 1.82) is 0 Å². The molecular weight excluding hydrogens is 296 g/mol. The Balaban J connectivity index is 1.85. The highest BCUT2D eigenvalue weighted by Crippen LogP contribution is 2.36. The monoisotopic (exact) mass is 328 g/mol. The second kappa shape index (κ2) is 8.64. The lowest BCUT2D eigenvalue weighted by Gasteiger charge is -2.27. The highest BCUT2D eigenvalue weighted by Gasteiger charge is 2.23. The summed E-state index contributed by atoms with van der Waals surface area (Å²) in [5.41, 5.74) is 5.35. The molecule has 2 rings (SSSR count). The van der Waals surface area contributed by atoms with Crippen LogP contribution in [-0.2, 0) is 0 Å². The van der Waals surface area contributed by atoms with Crippen molar-refractivity contribution < 1.29 is 0 Å². The van der Waals surface area contributed by atoms with Gasteiger partial charge in [0.05, 0.1) is 5.69 Å². The summed E-state index contributed by atoms with van der Waals surface area (Å²) >= 11 is 0. The number of hydrogen-bond acceptors (Lipinski definition) is 2. The Bertz CT molecular complexity index is 525. The Kier molecular flexibility index (Phi) is 6.83. The molecule has 0 atom stereocenters. The minimum absolute atomic E-state index is 0.615. The standard InChI is InChI=1S/C20H32N2Si/c1-5-6-7-8-17-9-11-18(12-10-17)20-14-13-19(21-22-20)15-16-23(2,3)4/h13-14,17-18H,5-12H2,1-4H3/t17-,18-. The van der Waals surface area contributed by atoms with Gasteiger partial charge in [-0.3, -0.25) is 0 Å². The van der Waals surface area contributed by atoms with E-state index in [1.807, 2.05) is 0 Å². The van der Waals surface area contributed by atoms with Crippen molar-refractivity contribution in [3.05, 3.63) is 23.5 Å². The zero-order chi connectivity index (χ0) is 16.7. The predicted molar refractivity (Wildman–Crippen MR) is 101 cm³/mol. The maximum Gasteiger partial charge on any atom is 0.135 e. The molecule has 1 heterocycles. The van der Waals surface area contributed by atoms with Crippen molar-refractivity contribution in [3.8, 4) is 11.5 Å². The first-order chi connectivity index (χ1) is 11.0. The number of rotatable bonds is 5. The van der Waals surface area contributed by atoms with Gasteiger partial charge < -0.3 is 0 Å². The fourth-order valence-electron chi connectivity index (χ4n) is 3.31. The van der Waals surface area contributed by atoms with E-state index in [0.717, 1.165) is 11.6 Å². The molecule has 0 bridgehead atoms. The van der Waals surface area contributed by atoms with E-state index in [9.17, 15) is 0 Å². The molecular formula is C20H32N2Si. The van der Waals surface area contributed by atoms with Gasteiger partial charge in [-0.15, -0.1) is 10.6 Å². The number of unbranched alkanes of at least 4 members (excludes halogenated alkanes) is 2. The number of nitrogens with zero attached hydrogens (tertiary/aromatic N) is 2. The highest BCUT2D eigenvalue weighted by molar-refractivity contribution is 6.83. The maximum atomic E-state index is 4.47. The minimum atomic E-state index is -1.34. The van der Waals surface area contributed by atoms with Gasteiger partial charge in [0.15, 0.2) is 0 Å². The molecule has 3 heteroatoms. The van der Waals surface area contributed by atoms with Gasteiger partial charge in [-0.1, -0.05) is 58.2 Å². The van der Waals surface area contributed by atoms with Crippen molar-refractivity contribution in [1.82, 2.24) is 10.2 Å². The molecule has 0 radical (unpaired) electrons. The Hall–Kier alpha value is -1.14. The number of hydrogen-bond donors (Lipinski definition) is 0. The van der Waals surface area contributed by atoms with Gasteiger partial charge in [0, 0.05) is 5.92 Å². The quantitative estimate of drug-likeness (QED) is 0.402. The van der Waals surface area contributed by atoms with E-state index in [1.165, 1.54) is 57.1 Å². The van der Waals surface area contributed by atoms with E-state index in [4.69, 9.17) is 0 Å². The molecule has 0 aromatic carbocycles. The third kappa shape index (κ3) is 6.47. The zero-order valence-electron chi connectivity index (χ0n) is 15.4. The molecule has 0 aliphatic heterocycles. The van der Waals surface area contributed by atoms with E-state index in [0.29, 0.717) is 5.92 Å². The number of aromatic nitrogens is 2. The molecule has 126 valence electrons. The SMILES string of the molecule is CCCCC[C@H]1CC[C@H](c2ccc(C#C[Si](C)(C)C)nn2)CC1. The molecule has 2 nitrogen and oxygen atoms in total. The molecule has 1 aliphatic carbocycles. The summed E-state index contributed by atoms with van der Waals surface area (Å²) in [5, 5.41) is 8.80. The van der Waals surface area contributed by atoms with Crippen LogP contribution < -0.4 is 0 Å². The average molecular weight is 329 g/mol. The van der Waals surface area contributed by atoms with E-state index in [-0.39, 0.29) is 0 Å². The molecule has 0 spiro atoms. The van der Waals surface area contributed by atoms with Crippen LogP contribution in [-0.4, -0.2) is 18.3 Å². The van der Waals surface area contributed by atoms with Gasteiger partial charge in [-0.05, 0) is 43.7 Å². The van der Waals surface area contributed by atoms with Gasteiger partial charge in [0.25, 0.3) is 0 Å². The normalized spacial score (nSPS) is 21.6. The third-order valence-corrected chi connectivity index (χ3v) is 5.61. The molecule has 1 aromatic heterocycles. The summed E-state index contributed by atoms with van der Waals surface area (Å²) in [6.45, 7) is 9.04. The summed E-state index contributed by atoms with van der Waals surface area (Å²) in [6, 6.07) is 4.21. The van der Waals surface area contributed by atoms with Gasteiger partial charge in [0.2, 0.25) is 0 Å². The maximum absolute atomic E-state index is 4.47. The molecule has 0 amide bonds. The van der Waals surface area contributed by atoms with Crippen LogP contribution in [0, 0.1) is 17.4 Å². The first-order valence-electron chi connectivity index (χ1n) is 9.34. The van der Waals surface area contributed by atoms with E-state index in [1.54, 1.807) is 0 Å². The van der Waals surface area contributed by atoms with Crippen molar-refractivity contribution in [3.63, 3.8) is 0 Å². The summed E-state index contributed by atoms with van der Waals surface area (Å²) < 4.78 is 0. The van der Waals surface area contributed by atoms with Crippen molar-refractivity contribution in [2.45, 2.75) is 83.8 Å². The summed E-state index contributed by atoms with van der Waals surface area (Å²) in [7, 11) is -1.34.